The molecule has 0 saturated heterocycles. The zero-order chi connectivity index (χ0) is 8.43. The summed E-state index contributed by atoms with van der Waals surface area (Å²) >= 11 is 5.59. The summed E-state index contributed by atoms with van der Waals surface area (Å²) in [6, 6.07) is 5.91. The fourth-order valence-corrected chi connectivity index (χ4v) is 1.93. The molecule has 0 heterocycles. The third kappa shape index (κ3) is 2.42. The van der Waals surface area contributed by atoms with E-state index in [9.17, 15) is 5.11 Å². The summed E-state index contributed by atoms with van der Waals surface area (Å²) in [6.45, 7) is 1.76. The maximum absolute atomic E-state index is 9.30. The molecule has 3 heteroatoms. The average molecular weight is 327 g/mol. The summed E-state index contributed by atoms with van der Waals surface area (Å²) in [4.78, 5) is 0. The molecule has 1 rings (SSSR count). The van der Waals surface area contributed by atoms with Crippen molar-refractivity contribution >= 4 is 38.5 Å². The minimum Gasteiger partial charge on any atom is -0.389 e. The van der Waals surface area contributed by atoms with Crippen molar-refractivity contribution in [2.75, 3.05) is 0 Å². The molecule has 0 amide bonds. The second-order valence-electron chi connectivity index (χ2n) is 2.34. The molecule has 0 saturated carbocycles. The first-order valence-corrected chi connectivity index (χ1v) is 5.11. The minimum absolute atomic E-state index is 0.404. The highest BCUT2D eigenvalue weighted by molar-refractivity contribution is 14.1. The minimum atomic E-state index is -0.404. The van der Waals surface area contributed by atoms with E-state index in [0.29, 0.717) is 0 Å². The molecular formula is C8H8BrIO. The van der Waals surface area contributed by atoms with Crippen LogP contribution in [0, 0.1) is 3.57 Å². The zero-order valence-corrected chi connectivity index (χ0v) is 9.76. The van der Waals surface area contributed by atoms with Crippen molar-refractivity contribution in [3.05, 3.63) is 31.8 Å². The van der Waals surface area contributed by atoms with Crippen LogP contribution in [0.2, 0.25) is 0 Å². The van der Waals surface area contributed by atoms with Gasteiger partial charge in [0.2, 0.25) is 0 Å². The van der Waals surface area contributed by atoms with Crippen LogP contribution in [0.15, 0.2) is 22.7 Å². The maximum Gasteiger partial charge on any atom is 0.0773 e. The Labute approximate surface area is 88.1 Å². The fourth-order valence-electron chi connectivity index (χ4n) is 0.835. The molecule has 1 atom stereocenters. The first-order chi connectivity index (χ1) is 5.11. The van der Waals surface area contributed by atoms with Gasteiger partial charge < -0.3 is 5.11 Å². The van der Waals surface area contributed by atoms with Crippen molar-refractivity contribution in [3.63, 3.8) is 0 Å². The van der Waals surface area contributed by atoms with Crippen molar-refractivity contribution in [2.24, 2.45) is 0 Å². The van der Waals surface area contributed by atoms with Gasteiger partial charge >= 0.3 is 0 Å². The number of hydrogen-bond acceptors (Lipinski definition) is 1. The molecule has 0 spiro atoms. The number of benzene rings is 1. The smallest absolute Gasteiger partial charge is 0.0773 e. The van der Waals surface area contributed by atoms with Crippen molar-refractivity contribution in [3.8, 4) is 0 Å². The van der Waals surface area contributed by atoms with Crippen LogP contribution in [0.5, 0.6) is 0 Å². The van der Waals surface area contributed by atoms with Gasteiger partial charge in [0, 0.05) is 8.04 Å². The Hall–Kier alpha value is 0.390. The third-order valence-electron chi connectivity index (χ3n) is 1.41. The largest absolute Gasteiger partial charge is 0.389 e. The van der Waals surface area contributed by atoms with Crippen LogP contribution in [-0.4, -0.2) is 5.11 Å². The van der Waals surface area contributed by atoms with E-state index in [2.05, 4.69) is 38.5 Å². The summed E-state index contributed by atoms with van der Waals surface area (Å²) in [7, 11) is 0. The number of aliphatic hydroxyl groups excluding tert-OH is 1. The predicted molar refractivity (Wildman–Crippen MR) is 57.5 cm³/mol. The van der Waals surface area contributed by atoms with E-state index in [0.717, 1.165) is 13.6 Å². The molecule has 0 bridgehead atoms. The van der Waals surface area contributed by atoms with Crippen LogP contribution in [0.1, 0.15) is 18.6 Å². The summed E-state index contributed by atoms with van der Waals surface area (Å²) in [5.74, 6) is 0. The zero-order valence-electron chi connectivity index (χ0n) is 6.01. The van der Waals surface area contributed by atoms with E-state index in [4.69, 9.17) is 0 Å². The Bertz CT molecular complexity index is 260. The highest BCUT2D eigenvalue weighted by atomic mass is 127. The van der Waals surface area contributed by atoms with Gasteiger partial charge in [-0.3, -0.25) is 0 Å². The Morgan fingerprint density at radius 2 is 2.18 bits per heavy atom. The van der Waals surface area contributed by atoms with Gasteiger partial charge in [-0.25, -0.2) is 0 Å². The molecule has 1 aromatic carbocycles. The van der Waals surface area contributed by atoms with Gasteiger partial charge in [0.05, 0.1) is 6.10 Å². The van der Waals surface area contributed by atoms with Gasteiger partial charge in [-0.15, -0.1) is 0 Å². The fraction of sp³-hybridized carbons (Fsp3) is 0.250. The second-order valence-corrected chi connectivity index (χ2v) is 4.44. The van der Waals surface area contributed by atoms with Gasteiger partial charge in [0.15, 0.2) is 0 Å². The highest BCUT2D eigenvalue weighted by Gasteiger charge is 2.05. The van der Waals surface area contributed by atoms with Gasteiger partial charge in [-0.1, -0.05) is 15.9 Å². The molecule has 0 aromatic heterocycles. The van der Waals surface area contributed by atoms with Gasteiger partial charge in [0.1, 0.15) is 0 Å². The molecular weight excluding hydrogens is 319 g/mol. The van der Waals surface area contributed by atoms with E-state index in [-0.39, 0.29) is 0 Å². The highest BCUT2D eigenvalue weighted by Crippen LogP contribution is 2.24. The number of rotatable bonds is 1. The van der Waals surface area contributed by atoms with Gasteiger partial charge in [-0.2, -0.15) is 0 Å². The topological polar surface area (TPSA) is 20.2 Å². The molecule has 0 aliphatic rings. The SMILES string of the molecule is CC(O)c1cc(I)ccc1Br. The number of aliphatic hydroxyl groups is 1. The molecule has 1 unspecified atom stereocenters. The van der Waals surface area contributed by atoms with Crippen LogP contribution < -0.4 is 0 Å². The van der Waals surface area contributed by atoms with E-state index < -0.39 is 6.10 Å². The molecule has 1 nitrogen and oxygen atoms in total. The van der Waals surface area contributed by atoms with Crippen molar-refractivity contribution < 1.29 is 5.11 Å². The molecule has 0 fully saturated rings. The van der Waals surface area contributed by atoms with Crippen LogP contribution in [0.25, 0.3) is 0 Å². The molecule has 0 aliphatic carbocycles. The quantitative estimate of drug-likeness (QED) is 0.786. The van der Waals surface area contributed by atoms with Crippen LogP contribution in [-0.2, 0) is 0 Å². The lowest BCUT2D eigenvalue weighted by Crippen LogP contribution is -1.92. The molecule has 11 heavy (non-hydrogen) atoms. The second kappa shape index (κ2) is 3.87. The summed E-state index contributed by atoms with van der Waals surface area (Å²) < 4.78 is 2.11. The van der Waals surface area contributed by atoms with Crippen molar-refractivity contribution in [2.45, 2.75) is 13.0 Å². The van der Waals surface area contributed by atoms with Crippen LogP contribution in [0.4, 0.5) is 0 Å². The summed E-state index contributed by atoms with van der Waals surface area (Å²) in [5.41, 5.74) is 0.942. The van der Waals surface area contributed by atoms with E-state index in [1.807, 2.05) is 18.2 Å². The molecule has 0 aliphatic heterocycles. The van der Waals surface area contributed by atoms with Crippen molar-refractivity contribution in [1.82, 2.24) is 0 Å². The lowest BCUT2D eigenvalue weighted by atomic mass is 10.1. The van der Waals surface area contributed by atoms with Crippen LogP contribution in [0.3, 0.4) is 0 Å². The standard InChI is InChI=1S/C8H8BrIO/c1-5(11)7-4-6(10)2-3-8(7)9/h2-5,11H,1H3. The Kier molecular flexibility index (Phi) is 3.33. The monoisotopic (exact) mass is 326 g/mol. The Balaban J connectivity index is 3.13. The molecule has 1 aromatic rings. The number of halogens is 2. The summed E-state index contributed by atoms with van der Waals surface area (Å²) in [6.07, 6.45) is -0.404. The molecule has 0 radical (unpaired) electrons. The number of hydrogen-bond donors (Lipinski definition) is 1. The third-order valence-corrected chi connectivity index (χ3v) is 2.80. The van der Waals surface area contributed by atoms with Gasteiger partial charge in [0.25, 0.3) is 0 Å². The predicted octanol–water partition coefficient (Wildman–Crippen LogP) is 3.11. The normalized spacial score (nSPS) is 13.1. The lowest BCUT2D eigenvalue weighted by molar-refractivity contribution is 0.198. The lowest BCUT2D eigenvalue weighted by Gasteiger charge is -2.06. The van der Waals surface area contributed by atoms with Crippen LogP contribution >= 0.6 is 38.5 Å². The van der Waals surface area contributed by atoms with Crippen molar-refractivity contribution in [1.29, 1.82) is 0 Å². The molecule has 60 valence electrons. The van der Waals surface area contributed by atoms with E-state index in [1.165, 1.54) is 0 Å². The summed E-state index contributed by atoms with van der Waals surface area (Å²) in [5, 5.41) is 9.30. The van der Waals surface area contributed by atoms with E-state index >= 15 is 0 Å². The molecule has 1 N–H and O–H groups in total. The van der Waals surface area contributed by atoms with Gasteiger partial charge in [-0.05, 0) is 53.3 Å². The first kappa shape index (κ1) is 9.48. The maximum atomic E-state index is 9.30. The Morgan fingerprint density at radius 1 is 1.55 bits per heavy atom. The average Bonchev–Trinajstić information content (AvgIpc) is 1.94. The Morgan fingerprint density at radius 3 is 2.64 bits per heavy atom. The first-order valence-electron chi connectivity index (χ1n) is 3.24. The van der Waals surface area contributed by atoms with E-state index in [1.54, 1.807) is 6.92 Å².